The van der Waals surface area contributed by atoms with Gasteiger partial charge in [0, 0.05) is 13.1 Å². The van der Waals surface area contributed by atoms with Gasteiger partial charge in [0.15, 0.2) is 0 Å². The minimum atomic E-state index is -0.0494. The van der Waals surface area contributed by atoms with Gasteiger partial charge in [0.05, 0.1) is 6.10 Å². The summed E-state index contributed by atoms with van der Waals surface area (Å²) >= 11 is 0. The molecule has 2 N–H and O–H groups in total. The van der Waals surface area contributed by atoms with Crippen LogP contribution in [0.3, 0.4) is 0 Å². The first-order valence-corrected chi connectivity index (χ1v) is 4.75. The first-order chi connectivity index (χ1) is 6.16. The molecular formula is C9H20N2O2. The molecule has 13 heavy (non-hydrogen) atoms. The number of rotatable bonds is 7. The average Bonchev–Trinajstić information content (AvgIpc) is 2.09. The van der Waals surface area contributed by atoms with Gasteiger partial charge in [-0.15, -0.1) is 0 Å². The van der Waals surface area contributed by atoms with Crippen molar-refractivity contribution in [2.75, 3.05) is 26.2 Å². The molecule has 0 aromatic carbocycles. The van der Waals surface area contributed by atoms with Gasteiger partial charge in [0.25, 0.3) is 0 Å². The number of likely N-dealkylation sites (N-methyl/N-ethyl adjacent to an activating group) is 1. The number of carbonyl (C=O) groups is 1. The lowest BCUT2D eigenvalue weighted by Gasteiger charge is -2.08. The second-order valence-electron chi connectivity index (χ2n) is 3.06. The smallest absolute Gasteiger partial charge is 0.246 e. The quantitative estimate of drug-likeness (QED) is 0.559. The van der Waals surface area contributed by atoms with Crippen molar-refractivity contribution in [2.24, 2.45) is 0 Å². The highest BCUT2D eigenvalue weighted by molar-refractivity contribution is 5.77. The molecule has 78 valence electrons. The van der Waals surface area contributed by atoms with Crippen molar-refractivity contribution in [2.45, 2.75) is 26.9 Å². The van der Waals surface area contributed by atoms with Gasteiger partial charge in [0.2, 0.25) is 5.91 Å². The van der Waals surface area contributed by atoms with Crippen molar-refractivity contribution >= 4 is 5.91 Å². The molecule has 0 saturated heterocycles. The van der Waals surface area contributed by atoms with Crippen molar-refractivity contribution in [3.8, 4) is 0 Å². The molecule has 0 saturated carbocycles. The zero-order chi connectivity index (χ0) is 10.1. The molecule has 4 nitrogen and oxygen atoms in total. The fraction of sp³-hybridized carbons (Fsp3) is 0.889. The van der Waals surface area contributed by atoms with Crippen molar-refractivity contribution in [3.05, 3.63) is 0 Å². The molecule has 0 radical (unpaired) electrons. The van der Waals surface area contributed by atoms with E-state index in [-0.39, 0.29) is 18.6 Å². The van der Waals surface area contributed by atoms with E-state index in [1.807, 2.05) is 20.8 Å². The van der Waals surface area contributed by atoms with Crippen LogP contribution in [0.4, 0.5) is 0 Å². The van der Waals surface area contributed by atoms with Crippen LogP contribution in [0.1, 0.15) is 20.8 Å². The second kappa shape index (κ2) is 8.01. The Labute approximate surface area is 80.0 Å². The monoisotopic (exact) mass is 188 g/mol. The lowest BCUT2D eigenvalue weighted by molar-refractivity contribution is -0.127. The molecule has 0 aromatic rings. The van der Waals surface area contributed by atoms with E-state index in [0.717, 1.165) is 13.1 Å². The zero-order valence-electron chi connectivity index (χ0n) is 8.72. The number of carbonyl (C=O) groups excluding carboxylic acids is 1. The van der Waals surface area contributed by atoms with Gasteiger partial charge in [-0.3, -0.25) is 4.79 Å². The third-order valence-corrected chi connectivity index (χ3v) is 1.42. The number of amides is 1. The summed E-state index contributed by atoms with van der Waals surface area (Å²) in [6.45, 7) is 8.40. The predicted octanol–water partition coefficient (Wildman–Crippen LogP) is 0.137. The summed E-state index contributed by atoms with van der Waals surface area (Å²) in [7, 11) is 0. The fourth-order valence-electron chi connectivity index (χ4n) is 0.760. The van der Waals surface area contributed by atoms with Crippen molar-refractivity contribution in [1.82, 2.24) is 10.6 Å². The van der Waals surface area contributed by atoms with Crippen LogP contribution in [0.15, 0.2) is 0 Å². The molecule has 0 aliphatic heterocycles. The molecule has 1 amide bonds. The lowest BCUT2D eigenvalue weighted by Crippen LogP contribution is -2.34. The molecule has 0 heterocycles. The topological polar surface area (TPSA) is 50.4 Å². The second-order valence-corrected chi connectivity index (χ2v) is 3.06. The summed E-state index contributed by atoms with van der Waals surface area (Å²) in [5.74, 6) is -0.0494. The van der Waals surface area contributed by atoms with Crippen LogP contribution in [-0.2, 0) is 9.53 Å². The van der Waals surface area contributed by atoms with E-state index in [2.05, 4.69) is 10.6 Å². The van der Waals surface area contributed by atoms with Gasteiger partial charge in [-0.1, -0.05) is 6.92 Å². The fourth-order valence-corrected chi connectivity index (χ4v) is 0.760. The lowest BCUT2D eigenvalue weighted by atomic mass is 10.5. The largest absolute Gasteiger partial charge is 0.369 e. The van der Waals surface area contributed by atoms with Crippen LogP contribution < -0.4 is 10.6 Å². The molecular weight excluding hydrogens is 168 g/mol. The molecule has 0 atom stereocenters. The highest BCUT2D eigenvalue weighted by Crippen LogP contribution is 1.85. The third-order valence-electron chi connectivity index (χ3n) is 1.42. The summed E-state index contributed by atoms with van der Waals surface area (Å²) < 4.78 is 5.13. The normalized spacial score (nSPS) is 10.5. The molecule has 0 aromatic heterocycles. The number of hydrogen-bond acceptors (Lipinski definition) is 3. The van der Waals surface area contributed by atoms with E-state index in [1.165, 1.54) is 0 Å². The standard InChI is InChI=1S/C9H20N2O2/c1-4-10-5-6-11-9(12)7-13-8(2)3/h8,10H,4-7H2,1-3H3,(H,11,12). The average molecular weight is 188 g/mol. The molecule has 0 unspecified atom stereocenters. The first-order valence-electron chi connectivity index (χ1n) is 4.75. The van der Waals surface area contributed by atoms with E-state index in [9.17, 15) is 4.79 Å². The molecule has 4 heteroatoms. The maximum atomic E-state index is 11.0. The van der Waals surface area contributed by atoms with Gasteiger partial charge < -0.3 is 15.4 Å². The Morgan fingerprint density at radius 3 is 2.62 bits per heavy atom. The van der Waals surface area contributed by atoms with Crippen LogP contribution in [0.25, 0.3) is 0 Å². The highest BCUT2D eigenvalue weighted by Gasteiger charge is 2.01. The van der Waals surface area contributed by atoms with E-state index >= 15 is 0 Å². The van der Waals surface area contributed by atoms with Gasteiger partial charge in [-0.2, -0.15) is 0 Å². The molecule has 0 spiro atoms. The Bertz CT molecular complexity index is 138. The molecule has 0 bridgehead atoms. The Balaban J connectivity index is 3.20. The molecule has 0 fully saturated rings. The maximum Gasteiger partial charge on any atom is 0.246 e. The van der Waals surface area contributed by atoms with E-state index < -0.39 is 0 Å². The Hall–Kier alpha value is -0.610. The number of ether oxygens (including phenoxy) is 1. The van der Waals surface area contributed by atoms with Gasteiger partial charge in [0.1, 0.15) is 6.61 Å². The minimum absolute atomic E-state index is 0.0494. The van der Waals surface area contributed by atoms with Crippen LogP contribution >= 0.6 is 0 Å². The van der Waals surface area contributed by atoms with Crippen LogP contribution in [0.2, 0.25) is 0 Å². The van der Waals surface area contributed by atoms with Gasteiger partial charge >= 0.3 is 0 Å². The third kappa shape index (κ3) is 9.30. The SMILES string of the molecule is CCNCCNC(=O)COC(C)C. The van der Waals surface area contributed by atoms with Crippen molar-refractivity contribution < 1.29 is 9.53 Å². The van der Waals surface area contributed by atoms with E-state index in [4.69, 9.17) is 4.74 Å². The maximum absolute atomic E-state index is 11.0. The van der Waals surface area contributed by atoms with Crippen molar-refractivity contribution in [1.29, 1.82) is 0 Å². The first kappa shape index (κ1) is 12.4. The summed E-state index contributed by atoms with van der Waals surface area (Å²) in [4.78, 5) is 11.0. The number of hydrogen-bond donors (Lipinski definition) is 2. The summed E-state index contributed by atoms with van der Waals surface area (Å²) in [5.41, 5.74) is 0. The minimum Gasteiger partial charge on any atom is -0.369 e. The Morgan fingerprint density at radius 1 is 1.38 bits per heavy atom. The summed E-state index contributed by atoms with van der Waals surface area (Å²) in [6, 6.07) is 0. The Kier molecular flexibility index (Phi) is 7.63. The van der Waals surface area contributed by atoms with E-state index in [1.54, 1.807) is 0 Å². The zero-order valence-corrected chi connectivity index (χ0v) is 8.72. The van der Waals surface area contributed by atoms with Crippen LogP contribution in [0.5, 0.6) is 0 Å². The van der Waals surface area contributed by atoms with E-state index in [0.29, 0.717) is 6.54 Å². The molecule has 0 rings (SSSR count). The summed E-state index contributed by atoms with van der Waals surface area (Å²) in [6.07, 6.45) is 0.111. The van der Waals surface area contributed by atoms with Crippen LogP contribution in [0, 0.1) is 0 Å². The van der Waals surface area contributed by atoms with Crippen LogP contribution in [-0.4, -0.2) is 38.3 Å². The molecule has 0 aliphatic carbocycles. The Morgan fingerprint density at radius 2 is 2.08 bits per heavy atom. The summed E-state index contributed by atoms with van der Waals surface area (Å²) in [5, 5.41) is 5.86. The van der Waals surface area contributed by atoms with Crippen molar-refractivity contribution in [3.63, 3.8) is 0 Å². The van der Waals surface area contributed by atoms with Gasteiger partial charge in [-0.05, 0) is 20.4 Å². The predicted molar refractivity (Wildman–Crippen MR) is 52.6 cm³/mol. The number of nitrogens with one attached hydrogen (secondary N) is 2. The molecule has 0 aliphatic rings. The highest BCUT2D eigenvalue weighted by atomic mass is 16.5. The van der Waals surface area contributed by atoms with Gasteiger partial charge in [-0.25, -0.2) is 0 Å².